The maximum absolute atomic E-state index is 5.80. The van der Waals surface area contributed by atoms with E-state index in [0.29, 0.717) is 5.82 Å². The number of aromatic nitrogens is 3. The molecule has 0 aromatic carbocycles. The summed E-state index contributed by atoms with van der Waals surface area (Å²) in [7, 11) is 0. The van der Waals surface area contributed by atoms with E-state index in [0.717, 1.165) is 16.6 Å². The quantitative estimate of drug-likeness (QED) is 0.766. The molecule has 0 amide bonds. The van der Waals surface area contributed by atoms with Crippen LogP contribution >= 0.6 is 0 Å². The van der Waals surface area contributed by atoms with Crippen LogP contribution < -0.4 is 5.73 Å². The first-order valence-corrected chi connectivity index (χ1v) is 5.69. The van der Waals surface area contributed by atoms with Crippen molar-refractivity contribution in [2.45, 2.75) is 33.7 Å². The molecule has 0 fully saturated rings. The summed E-state index contributed by atoms with van der Waals surface area (Å²) in [6.07, 6.45) is 8.81. The first kappa shape index (κ1) is 13.0. The van der Waals surface area contributed by atoms with Crippen molar-refractivity contribution >= 4 is 16.9 Å². The topological polar surface area (TPSA) is 56.7 Å². The zero-order valence-electron chi connectivity index (χ0n) is 10.7. The Balaban J connectivity index is 0.000000686. The van der Waals surface area contributed by atoms with Gasteiger partial charge in [-0.3, -0.25) is 0 Å². The van der Waals surface area contributed by atoms with E-state index in [1.54, 1.807) is 0 Å². The Hall–Kier alpha value is -2.02. The molecule has 17 heavy (non-hydrogen) atoms. The molecule has 0 aliphatic rings. The van der Waals surface area contributed by atoms with E-state index in [1.807, 2.05) is 38.5 Å². The van der Waals surface area contributed by atoms with Gasteiger partial charge in [-0.05, 0) is 19.4 Å². The third kappa shape index (κ3) is 2.23. The summed E-state index contributed by atoms with van der Waals surface area (Å²) in [5.41, 5.74) is 7.64. The SMILES string of the molecule is C#CC(C)n1cc(C)c2c(N)ncnc21.CC. The van der Waals surface area contributed by atoms with Crippen molar-refractivity contribution < 1.29 is 0 Å². The minimum Gasteiger partial charge on any atom is -0.383 e. The Morgan fingerprint density at radius 2 is 2.06 bits per heavy atom. The van der Waals surface area contributed by atoms with E-state index in [2.05, 4.69) is 15.9 Å². The molecule has 90 valence electrons. The Kier molecular flexibility index (Phi) is 4.11. The van der Waals surface area contributed by atoms with Gasteiger partial charge < -0.3 is 10.3 Å². The first-order chi connectivity index (χ1) is 8.15. The Labute approximate surface area is 102 Å². The molecule has 2 N–H and O–H groups in total. The highest BCUT2D eigenvalue weighted by Gasteiger charge is 2.12. The maximum atomic E-state index is 5.80. The van der Waals surface area contributed by atoms with Crippen LogP contribution in [0.1, 0.15) is 32.4 Å². The molecule has 0 radical (unpaired) electrons. The van der Waals surface area contributed by atoms with Crippen LogP contribution in [-0.2, 0) is 0 Å². The average molecular weight is 230 g/mol. The number of fused-ring (bicyclic) bond motifs is 1. The minimum atomic E-state index is -0.0319. The van der Waals surface area contributed by atoms with E-state index < -0.39 is 0 Å². The fourth-order valence-corrected chi connectivity index (χ4v) is 1.67. The lowest BCUT2D eigenvalue weighted by Gasteiger charge is -2.06. The molecule has 2 rings (SSSR count). The van der Waals surface area contributed by atoms with Gasteiger partial charge in [-0.15, -0.1) is 6.42 Å². The summed E-state index contributed by atoms with van der Waals surface area (Å²) >= 11 is 0. The van der Waals surface area contributed by atoms with Gasteiger partial charge in [0.1, 0.15) is 17.8 Å². The number of rotatable bonds is 1. The summed E-state index contributed by atoms with van der Waals surface area (Å²) in [5.74, 6) is 3.17. The molecule has 2 aromatic rings. The molecule has 2 heterocycles. The second kappa shape index (κ2) is 5.35. The van der Waals surface area contributed by atoms with Crippen LogP contribution in [0.5, 0.6) is 0 Å². The molecule has 1 atom stereocenters. The van der Waals surface area contributed by atoms with Crippen molar-refractivity contribution in [2.24, 2.45) is 0 Å². The van der Waals surface area contributed by atoms with E-state index in [9.17, 15) is 0 Å². The van der Waals surface area contributed by atoms with Crippen molar-refractivity contribution in [3.63, 3.8) is 0 Å². The number of terminal acetylenes is 1. The molecule has 2 aromatic heterocycles. The van der Waals surface area contributed by atoms with Crippen LogP contribution in [-0.4, -0.2) is 14.5 Å². The molecule has 0 saturated carbocycles. The lowest BCUT2D eigenvalue weighted by Crippen LogP contribution is -2.02. The van der Waals surface area contributed by atoms with Crippen molar-refractivity contribution in [1.29, 1.82) is 0 Å². The molecule has 0 spiro atoms. The standard InChI is InChI=1S/C11H12N4.C2H6/c1-4-8(3)15-5-7(2)9-10(12)13-6-14-11(9)15;1-2/h1,5-6,8H,2-3H3,(H2,12,13,14);1-2H3. The van der Waals surface area contributed by atoms with Crippen molar-refractivity contribution in [3.8, 4) is 12.3 Å². The fraction of sp³-hybridized carbons (Fsp3) is 0.385. The van der Waals surface area contributed by atoms with Gasteiger partial charge >= 0.3 is 0 Å². The lowest BCUT2D eigenvalue weighted by molar-refractivity contribution is 0.701. The van der Waals surface area contributed by atoms with Crippen LogP contribution in [0, 0.1) is 19.3 Å². The van der Waals surface area contributed by atoms with Crippen molar-refractivity contribution in [1.82, 2.24) is 14.5 Å². The smallest absolute Gasteiger partial charge is 0.146 e. The van der Waals surface area contributed by atoms with Gasteiger partial charge in [-0.25, -0.2) is 9.97 Å². The third-order valence-electron chi connectivity index (χ3n) is 2.49. The maximum Gasteiger partial charge on any atom is 0.146 e. The number of nitrogens with two attached hydrogens (primary N) is 1. The van der Waals surface area contributed by atoms with E-state index in [4.69, 9.17) is 12.2 Å². The van der Waals surface area contributed by atoms with Crippen molar-refractivity contribution in [2.75, 3.05) is 5.73 Å². The normalized spacial score (nSPS) is 11.5. The summed E-state index contributed by atoms with van der Waals surface area (Å²) in [5, 5.41) is 0.889. The third-order valence-corrected chi connectivity index (χ3v) is 2.49. The molecular weight excluding hydrogens is 212 g/mol. The van der Waals surface area contributed by atoms with Gasteiger partial charge in [0.05, 0.1) is 11.4 Å². The predicted octanol–water partition coefficient (Wildman–Crippen LogP) is 2.54. The second-order valence-electron chi connectivity index (χ2n) is 3.52. The number of nitrogen functional groups attached to an aromatic ring is 1. The monoisotopic (exact) mass is 230 g/mol. The average Bonchev–Trinajstić information content (AvgIpc) is 2.70. The van der Waals surface area contributed by atoms with Gasteiger partial charge in [0.15, 0.2) is 0 Å². The molecule has 0 aliphatic carbocycles. The molecule has 0 saturated heterocycles. The zero-order chi connectivity index (χ0) is 13.0. The van der Waals surface area contributed by atoms with Crippen LogP contribution in [0.2, 0.25) is 0 Å². The van der Waals surface area contributed by atoms with Crippen molar-refractivity contribution in [3.05, 3.63) is 18.1 Å². The van der Waals surface area contributed by atoms with Crippen LogP contribution in [0.4, 0.5) is 5.82 Å². The van der Waals surface area contributed by atoms with Crippen LogP contribution in [0.3, 0.4) is 0 Å². The number of hydrogen-bond donors (Lipinski definition) is 1. The van der Waals surface area contributed by atoms with Gasteiger partial charge in [0, 0.05) is 6.20 Å². The highest BCUT2D eigenvalue weighted by atomic mass is 15.1. The Morgan fingerprint density at radius 1 is 1.41 bits per heavy atom. The highest BCUT2D eigenvalue weighted by molar-refractivity contribution is 5.89. The van der Waals surface area contributed by atoms with Crippen LogP contribution in [0.25, 0.3) is 11.0 Å². The molecule has 4 heteroatoms. The van der Waals surface area contributed by atoms with Gasteiger partial charge in [-0.2, -0.15) is 0 Å². The molecule has 0 bridgehead atoms. The van der Waals surface area contributed by atoms with Crippen LogP contribution in [0.15, 0.2) is 12.5 Å². The molecule has 0 aliphatic heterocycles. The number of nitrogens with zero attached hydrogens (tertiary/aromatic N) is 3. The molecule has 1 unspecified atom stereocenters. The number of hydrogen-bond acceptors (Lipinski definition) is 3. The Morgan fingerprint density at radius 3 is 2.65 bits per heavy atom. The summed E-state index contributed by atoms with van der Waals surface area (Å²) in [6.45, 7) is 7.92. The van der Waals surface area contributed by atoms with Gasteiger partial charge in [0.2, 0.25) is 0 Å². The summed E-state index contributed by atoms with van der Waals surface area (Å²) < 4.78 is 1.93. The lowest BCUT2D eigenvalue weighted by atomic mass is 10.2. The predicted molar refractivity (Wildman–Crippen MR) is 71.6 cm³/mol. The number of anilines is 1. The summed E-state index contributed by atoms with van der Waals surface area (Å²) in [6, 6.07) is -0.0319. The van der Waals surface area contributed by atoms with E-state index in [1.165, 1.54) is 6.33 Å². The number of aryl methyl sites for hydroxylation is 1. The van der Waals surface area contributed by atoms with Gasteiger partial charge in [-0.1, -0.05) is 19.8 Å². The largest absolute Gasteiger partial charge is 0.383 e. The van der Waals surface area contributed by atoms with E-state index in [-0.39, 0.29) is 6.04 Å². The molecular formula is C13H18N4. The fourth-order valence-electron chi connectivity index (χ4n) is 1.67. The second-order valence-corrected chi connectivity index (χ2v) is 3.52. The highest BCUT2D eigenvalue weighted by Crippen LogP contribution is 2.25. The van der Waals surface area contributed by atoms with E-state index >= 15 is 0 Å². The first-order valence-electron chi connectivity index (χ1n) is 5.69. The molecule has 4 nitrogen and oxygen atoms in total. The zero-order valence-corrected chi connectivity index (χ0v) is 10.7. The minimum absolute atomic E-state index is 0.0319. The Bertz CT molecular complexity index is 548. The van der Waals surface area contributed by atoms with Gasteiger partial charge in [0.25, 0.3) is 0 Å². The summed E-state index contributed by atoms with van der Waals surface area (Å²) in [4.78, 5) is 8.18.